The molecular weight excluding hydrogens is 156 g/mol. The van der Waals surface area contributed by atoms with Gasteiger partial charge in [0.05, 0.1) is 7.11 Å². The van der Waals surface area contributed by atoms with Gasteiger partial charge in [-0.15, -0.1) is 0 Å². The number of hydroxylamine groups is 2. The smallest absolute Gasteiger partial charge is 0.222 e. The summed E-state index contributed by atoms with van der Waals surface area (Å²) in [5.41, 5.74) is 0. The van der Waals surface area contributed by atoms with Crippen molar-refractivity contribution in [2.24, 2.45) is 5.92 Å². The summed E-state index contributed by atoms with van der Waals surface area (Å²) < 4.78 is 0. The van der Waals surface area contributed by atoms with E-state index in [-0.39, 0.29) is 11.8 Å². The molecule has 0 bridgehead atoms. The first kappa shape index (κ1) is 9.48. The standard InChI is InChI=1S/C8H16N2O2/c1-9-8(11)7-3-5-10(12-2)6-4-7/h7H,3-6H2,1-2H3,(H,9,11). The van der Waals surface area contributed by atoms with Crippen LogP contribution in [0.15, 0.2) is 0 Å². The second-order valence-corrected chi connectivity index (χ2v) is 3.00. The van der Waals surface area contributed by atoms with Gasteiger partial charge in [-0.2, -0.15) is 5.06 Å². The summed E-state index contributed by atoms with van der Waals surface area (Å²) in [6, 6.07) is 0. The van der Waals surface area contributed by atoms with Crippen molar-refractivity contribution in [3.8, 4) is 0 Å². The number of piperidine rings is 1. The van der Waals surface area contributed by atoms with Crippen LogP contribution in [0.25, 0.3) is 0 Å². The summed E-state index contributed by atoms with van der Waals surface area (Å²) in [4.78, 5) is 16.2. The van der Waals surface area contributed by atoms with Crippen LogP contribution in [0, 0.1) is 5.92 Å². The molecule has 1 fully saturated rings. The van der Waals surface area contributed by atoms with Crippen LogP contribution in [0.2, 0.25) is 0 Å². The van der Waals surface area contributed by atoms with Gasteiger partial charge in [0.25, 0.3) is 0 Å². The van der Waals surface area contributed by atoms with Crippen LogP contribution in [0.1, 0.15) is 12.8 Å². The highest BCUT2D eigenvalue weighted by atomic mass is 16.7. The Labute approximate surface area is 72.8 Å². The Morgan fingerprint density at radius 2 is 2.08 bits per heavy atom. The highest BCUT2D eigenvalue weighted by Gasteiger charge is 2.23. The lowest BCUT2D eigenvalue weighted by molar-refractivity contribution is -0.154. The van der Waals surface area contributed by atoms with Crippen LogP contribution in [0.3, 0.4) is 0 Å². The lowest BCUT2D eigenvalue weighted by Crippen LogP contribution is -2.38. The van der Waals surface area contributed by atoms with Crippen molar-refractivity contribution in [3.63, 3.8) is 0 Å². The number of carbonyl (C=O) groups is 1. The van der Waals surface area contributed by atoms with Crippen LogP contribution < -0.4 is 5.32 Å². The van der Waals surface area contributed by atoms with Gasteiger partial charge in [0.1, 0.15) is 0 Å². The first-order valence-electron chi connectivity index (χ1n) is 4.28. The summed E-state index contributed by atoms with van der Waals surface area (Å²) in [7, 11) is 3.35. The third-order valence-corrected chi connectivity index (χ3v) is 2.33. The predicted molar refractivity (Wildman–Crippen MR) is 45.4 cm³/mol. The van der Waals surface area contributed by atoms with Gasteiger partial charge in [0.2, 0.25) is 5.91 Å². The van der Waals surface area contributed by atoms with E-state index in [2.05, 4.69) is 5.32 Å². The molecule has 1 heterocycles. The molecule has 1 aliphatic rings. The van der Waals surface area contributed by atoms with Crippen LogP contribution in [-0.4, -0.2) is 38.2 Å². The molecule has 0 saturated carbocycles. The highest BCUT2D eigenvalue weighted by Crippen LogP contribution is 2.16. The molecule has 1 rings (SSSR count). The van der Waals surface area contributed by atoms with Crippen LogP contribution in [0.5, 0.6) is 0 Å². The van der Waals surface area contributed by atoms with E-state index in [0.29, 0.717) is 0 Å². The molecule has 0 radical (unpaired) electrons. The quantitative estimate of drug-likeness (QED) is 0.637. The first-order valence-corrected chi connectivity index (χ1v) is 4.28. The number of nitrogens with zero attached hydrogens (tertiary/aromatic N) is 1. The Morgan fingerprint density at radius 3 is 2.50 bits per heavy atom. The Balaban J connectivity index is 2.30. The van der Waals surface area contributed by atoms with E-state index in [1.165, 1.54) is 0 Å². The fraction of sp³-hybridized carbons (Fsp3) is 0.875. The molecule has 0 spiro atoms. The Hall–Kier alpha value is -0.610. The lowest BCUT2D eigenvalue weighted by atomic mass is 9.97. The molecule has 1 saturated heterocycles. The van der Waals surface area contributed by atoms with Crippen molar-refractivity contribution in [1.82, 2.24) is 10.4 Å². The minimum Gasteiger partial charge on any atom is -0.359 e. The molecule has 0 aromatic rings. The molecule has 0 atom stereocenters. The molecule has 1 N–H and O–H groups in total. The maximum atomic E-state index is 11.2. The Bertz CT molecular complexity index is 153. The van der Waals surface area contributed by atoms with Gasteiger partial charge in [-0.25, -0.2) is 0 Å². The van der Waals surface area contributed by atoms with Gasteiger partial charge < -0.3 is 10.2 Å². The average molecular weight is 172 g/mol. The van der Waals surface area contributed by atoms with Crippen molar-refractivity contribution in [2.45, 2.75) is 12.8 Å². The predicted octanol–water partition coefficient (Wildman–Crippen LogP) is 0.00580. The SMILES string of the molecule is CNC(=O)C1CCN(OC)CC1. The fourth-order valence-electron chi connectivity index (χ4n) is 1.50. The van der Waals surface area contributed by atoms with Crippen molar-refractivity contribution in [3.05, 3.63) is 0 Å². The molecule has 1 amide bonds. The third kappa shape index (κ3) is 2.19. The summed E-state index contributed by atoms with van der Waals surface area (Å²) in [6.45, 7) is 1.71. The highest BCUT2D eigenvalue weighted by molar-refractivity contribution is 5.78. The lowest BCUT2D eigenvalue weighted by Gasteiger charge is -2.28. The average Bonchev–Trinajstić information content (AvgIpc) is 2.17. The molecule has 0 aromatic carbocycles. The molecule has 4 heteroatoms. The van der Waals surface area contributed by atoms with E-state index < -0.39 is 0 Å². The van der Waals surface area contributed by atoms with E-state index in [9.17, 15) is 4.79 Å². The number of amides is 1. The van der Waals surface area contributed by atoms with Crippen LogP contribution in [0.4, 0.5) is 0 Å². The first-order chi connectivity index (χ1) is 5.77. The van der Waals surface area contributed by atoms with E-state index in [0.717, 1.165) is 25.9 Å². The van der Waals surface area contributed by atoms with E-state index in [1.54, 1.807) is 14.2 Å². The third-order valence-electron chi connectivity index (χ3n) is 2.33. The van der Waals surface area contributed by atoms with Crippen molar-refractivity contribution >= 4 is 5.91 Å². The van der Waals surface area contributed by atoms with Crippen molar-refractivity contribution in [1.29, 1.82) is 0 Å². The normalized spacial score (nSPS) is 20.8. The summed E-state index contributed by atoms with van der Waals surface area (Å²) in [6.07, 6.45) is 1.79. The molecule has 0 aliphatic carbocycles. The second-order valence-electron chi connectivity index (χ2n) is 3.00. The van der Waals surface area contributed by atoms with Gasteiger partial charge in [-0.05, 0) is 12.8 Å². The zero-order chi connectivity index (χ0) is 8.97. The molecule has 1 aliphatic heterocycles. The summed E-state index contributed by atoms with van der Waals surface area (Å²) in [5, 5.41) is 4.56. The maximum Gasteiger partial charge on any atom is 0.222 e. The molecule has 0 unspecified atom stereocenters. The topological polar surface area (TPSA) is 41.6 Å². The molecule has 70 valence electrons. The Kier molecular flexibility index (Phi) is 3.49. The Morgan fingerprint density at radius 1 is 1.50 bits per heavy atom. The number of nitrogens with one attached hydrogen (secondary N) is 1. The van der Waals surface area contributed by atoms with E-state index >= 15 is 0 Å². The minimum atomic E-state index is 0.158. The van der Waals surface area contributed by atoms with Gasteiger partial charge in [0, 0.05) is 26.1 Å². The largest absolute Gasteiger partial charge is 0.359 e. The summed E-state index contributed by atoms with van der Waals surface area (Å²) in [5.74, 6) is 0.340. The van der Waals surface area contributed by atoms with Crippen LogP contribution >= 0.6 is 0 Å². The van der Waals surface area contributed by atoms with Crippen molar-refractivity contribution in [2.75, 3.05) is 27.2 Å². The molecular formula is C8H16N2O2. The molecule has 4 nitrogen and oxygen atoms in total. The minimum absolute atomic E-state index is 0.158. The van der Waals surface area contributed by atoms with Gasteiger partial charge in [-0.3, -0.25) is 4.79 Å². The number of carbonyl (C=O) groups excluding carboxylic acids is 1. The van der Waals surface area contributed by atoms with Gasteiger partial charge >= 0.3 is 0 Å². The van der Waals surface area contributed by atoms with E-state index in [4.69, 9.17) is 4.84 Å². The van der Waals surface area contributed by atoms with Gasteiger partial charge in [-0.1, -0.05) is 0 Å². The molecule has 0 aromatic heterocycles. The van der Waals surface area contributed by atoms with Crippen LogP contribution in [-0.2, 0) is 9.63 Å². The zero-order valence-electron chi connectivity index (χ0n) is 7.67. The number of hydrogen-bond donors (Lipinski definition) is 1. The van der Waals surface area contributed by atoms with Crippen molar-refractivity contribution < 1.29 is 9.63 Å². The summed E-state index contributed by atoms with van der Waals surface area (Å²) >= 11 is 0. The van der Waals surface area contributed by atoms with E-state index in [1.807, 2.05) is 5.06 Å². The number of rotatable bonds is 2. The second kappa shape index (κ2) is 4.42. The zero-order valence-corrected chi connectivity index (χ0v) is 7.67. The van der Waals surface area contributed by atoms with Gasteiger partial charge in [0.15, 0.2) is 0 Å². The number of hydrogen-bond acceptors (Lipinski definition) is 3. The monoisotopic (exact) mass is 172 g/mol. The molecule has 12 heavy (non-hydrogen) atoms. The fourth-order valence-corrected chi connectivity index (χ4v) is 1.50. The maximum absolute atomic E-state index is 11.2.